The minimum absolute atomic E-state index is 0.00102. The standard InChI is InChI=1S/C18H12F4N4O/c19-12-2-1-3-13(20)14(12)15-10-6-8(17(27)26-18(23)24)4-5-9(10)11(7-25-15)16(21)22/h1-7,16H,(H4,23,24,26,27). The third-order valence-electron chi connectivity index (χ3n) is 3.83. The predicted octanol–water partition coefficient (Wildman–Crippen LogP) is 3.53. The van der Waals surface area contributed by atoms with Crippen molar-refractivity contribution >= 4 is 22.6 Å². The zero-order valence-electron chi connectivity index (χ0n) is 13.6. The van der Waals surface area contributed by atoms with Crippen molar-refractivity contribution in [3.8, 4) is 11.3 Å². The fourth-order valence-corrected chi connectivity index (χ4v) is 2.68. The van der Waals surface area contributed by atoms with Crippen LogP contribution in [0.2, 0.25) is 0 Å². The van der Waals surface area contributed by atoms with Gasteiger partial charge < -0.3 is 11.5 Å². The van der Waals surface area contributed by atoms with Gasteiger partial charge >= 0.3 is 0 Å². The van der Waals surface area contributed by atoms with E-state index < -0.39 is 41.1 Å². The number of carbonyl (C=O) groups excluding carboxylic acids is 1. The summed E-state index contributed by atoms with van der Waals surface area (Å²) < 4.78 is 55.0. The Morgan fingerprint density at radius 1 is 1.04 bits per heavy atom. The van der Waals surface area contributed by atoms with Gasteiger partial charge in [0.1, 0.15) is 11.6 Å². The minimum Gasteiger partial charge on any atom is -0.370 e. The molecule has 138 valence electrons. The number of fused-ring (bicyclic) bond motifs is 1. The highest BCUT2D eigenvalue weighted by Gasteiger charge is 2.21. The maximum atomic E-state index is 14.2. The van der Waals surface area contributed by atoms with E-state index in [1.54, 1.807) is 0 Å². The van der Waals surface area contributed by atoms with Crippen LogP contribution < -0.4 is 11.5 Å². The van der Waals surface area contributed by atoms with Crippen molar-refractivity contribution in [2.45, 2.75) is 6.43 Å². The Kier molecular flexibility index (Phi) is 4.76. The van der Waals surface area contributed by atoms with Gasteiger partial charge in [0.2, 0.25) is 0 Å². The highest BCUT2D eigenvalue weighted by Crippen LogP contribution is 2.35. The van der Waals surface area contributed by atoms with Crippen LogP contribution in [0.1, 0.15) is 22.3 Å². The lowest BCUT2D eigenvalue weighted by Crippen LogP contribution is -2.24. The van der Waals surface area contributed by atoms with Crippen molar-refractivity contribution in [2.24, 2.45) is 16.5 Å². The number of benzene rings is 2. The summed E-state index contributed by atoms with van der Waals surface area (Å²) >= 11 is 0. The average Bonchev–Trinajstić information content (AvgIpc) is 2.60. The van der Waals surface area contributed by atoms with E-state index >= 15 is 0 Å². The average molecular weight is 376 g/mol. The highest BCUT2D eigenvalue weighted by atomic mass is 19.3. The van der Waals surface area contributed by atoms with Crippen LogP contribution in [0.25, 0.3) is 22.0 Å². The van der Waals surface area contributed by atoms with Crippen molar-refractivity contribution in [1.82, 2.24) is 4.98 Å². The summed E-state index contributed by atoms with van der Waals surface area (Å²) in [6, 6.07) is 6.84. The number of alkyl halides is 2. The number of nitrogens with zero attached hydrogens (tertiary/aromatic N) is 2. The summed E-state index contributed by atoms with van der Waals surface area (Å²) in [4.78, 5) is 19.2. The Morgan fingerprint density at radius 3 is 2.30 bits per heavy atom. The first-order valence-electron chi connectivity index (χ1n) is 7.58. The minimum atomic E-state index is -2.88. The molecule has 3 rings (SSSR count). The fraction of sp³-hybridized carbons (Fsp3) is 0.0556. The molecule has 0 radical (unpaired) electrons. The molecular formula is C18H12F4N4O. The second kappa shape index (κ2) is 7.02. The highest BCUT2D eigenvalue weighted by molar-refractivity contribution is 6.06. The molecule has 9 heteroatoms. The maximum absolute atomic E-state index is 14.2. The molecule has 4 N–H and O–H groups in total. The summed E-state index contributed by atoms with van der Waals surface area (Å²) in [5.41, 5.74) is 9.13. The van der Waals surface area contributed by atoms with Crippen molar-refractivity contribution in [2.75, 3.05) is 0 Å². The number of amides is 1. The van der Waals surface area contributed by atoms with Gasteiger partial charge in [-0.15, -0.1) is 0 Å². The van der Waals surface area contributed by atoms with E-state index in [9.17, 15) is 22.4 Å². The number of pyridine rings is 1. The van der Waals surface area contributed by atoms with E-state index in [2.05, 4.69) is 9.98 Å². The molecule has 0 saturated heterocycles. The molecule has 5 nitrogen and oxygen atoms in total. The lowest BCUT2D eigenvalue weighted by Gasteiger charge is -2.12. The molecule has 2 aromatic carbocycles. The van der Waals surface area contributed by atoms with Crippen LogP contribution in [-0.2, 0) is 0 Å². The lowest BCUT2D eigenvalue weighted by atomic mass is 9.98. The van der Waals surface area contributed by atoms with Crippen molar-refractivity contribution in [3.05, 3.63) is 65.4 Å². The summed E-state index contributed by atoms with van der Waals surface area (Å²) in [6.45, 7) is 0. The van der Waals surface area contributed by atoms with Crippen molar-refractivity contribution < 1.29 is 22.4 Å². The van der Waals surface area contributed by atoms with Crippen molar-refractivity contribution in [1.29, 1.82) is 0 Å². The first kappa shape index (κ1) is 18.3. The Bertz CT molecular complexity index is 1060. The number of rotatable bonds is 3. The van der Waals surface area contributed by atoms with Crippen LogP contribution in [0.5, 0.6) is 0 Å². The SMILES string of the molecule is NC(N)=NC(=O)c1ccc2c(C(F)F)cnc(-c3c(F)cccc3F)c2c1. The van der Waals surface area contributed by atoms with E-state index in [0.717, 1.165) is 24.4 Å². The van der Waals surface area contributed by atoms with Gasteiger partial charge in [0.05, 0.1) is 11.3 Å². The Balaban J connectivity index is 2.35. The van der Waals surface area contributed by atoms with E-state index in [1.807, 2.05) is 0 Å². The molecule has 0 aliphatic carbocycles. The van der Waals surface area contributed by atoms with Crippen LogP contribution in [0.4, 0.5) is 17.6 Å². The molecule has 0 aliphatic heterocycles. The molecule has 1 amide bonds. The molecule has 0 fully saturated rings. The van der Waals surface area contributed by atoms with Gasteiger partial charge in [0.15, 0.2) is 5.96 Å². The number of aromatic nitrogens is 1. The van der Waals surface area contributed by atoms with E-state index in [4.69, 9.17) is 11.5 Å². The third-order valence-corrected chi connectivity index (χ3v) is 3.83. The molecule has 0 spiro atoms. The monoisotopic (exact) mass is 376 g/mol. The maximum Gasteiger partial charge on any atom is 0.280 e. The summed E-state index contributed by atoms with van der Waals surface area (Å²) in [6.07, 6.45) is -2.02. The van der Waals surface area contributed by atoms with E-state index in [-0.39, 0.29) is 22.0 Å². The quantitative estimate of drug-likeness (QED) is 0.415. The second-order valence-corrected chi connectivity index (χ2v) is 5.56. The number of carbonyl (C=O) groups is 1. The van der Waals surface area contributed by atoms with Crippen LogP contribution in [0, 0.1) is 11.6 Å². The topological polar surface area (TPSA) is 94.4 Å². The van der Waals surface area contributed by atoms with E-state index in [1.165, 1.54) is 18.2 Å². The molecule has 1 heterocycles. The molecule has 0 saturated carbocycles. The summed E-state index contributed by atoms with van der Waals surface area (Å²) in [5, 5.41) is -0.0349. The summed E-state index contributed by atoms with van der Waals surface area (Å²) in [5.74, 6) is -3.16. The molecule has 27 heavy (non-hydrogen) atoms. The number of hydrogen-bond acceptors (Lipinski definition) is 2. The van der Waals surface area contributed by atoms with Gasteiger partial charge in [-0.05, 0) is 29.7 Å². The predicted molar refractivity (Wildman–Crippen MR) is 92.2 cm³/mol. The van der Waals surface area contributed by atoms with Gasteiger partial charge in [-0.3, -0.25) is 9.78 Å². The Hall–Kier alpha value is -3.49. The van der Waals surface area contributed by atoms with Gasteiger partial charge in [-0.1, -0.05) is 12.1 Å². The second-order valence-electron chi connectivity index (χ2n) is 5.56. The van der Waals surface area contributed by atoms with Gasteiger partial charge in [-0.2, -0.15) is 4.99 Å². The molecule has 0 bridgehead atoms. The normalized spacial score (nSPS) is 11.0. The van der Waals surface area contributed by atoms with Crippen LogP contribution in [0.15, 0.2) is 47.6 Å². The van der Waals surface area contributed by atoms with Crippen molar-refractivity contribution in [3.63, 3.8) is 0 Å². The largest absolute Gasteiger partial charge is 0.370 e. The molecule has 0 unspecified atom stereocenters. The van der Waals surface area contributed by atoms with Gasteiger partial charge in [-0.25, -0.2) is 17.6 Å². The fourth-order valence-electron chi connectivity index (χ4n) is 2.68. The first-order valence-corrected chi connectivity index (χ1v) is 7.58. The smallest absolute Gasteiger partial charge is 0.280 e. The van der Waals surface area contributed by atoms with Crippen LogP contribution in [0.3, 0.4) is 0 Å². The first-order chi connectivity index (χ1) is 12.8. The molecule has 3 aromatic rings. The van der Waals surface area contributed by atoms with Gasteiger partial charge in [0, 0.05) is 22.7 Å². The zero-order chi connectivity index (χ0) is 19.7. The van der Waals surface area contributed by atoms with E-state index in [0.29, 0.717) is 0 Å². The number of guanidine groups is 1. The number of aliphatic imine (C=N–C) groups is 1. The van der Waals surface area contributed by atoms with Gasteiger partial charge in [0.25, 0.3) is 12.3 Å². The Morgan fingerprint density at radius 2 is 1.70 bits per heavy atom. The lowest BCUT2D eigenvalue weighted by molar-refractivity contribution is 0.100. The van der Waals surface area contributed by atoms with Crippen LogP contribution in [-0.4, -0.2) is 16.9 Å². The third kappa shape index (κ3) is 3.43. The molecule has 1 aromatic heterocycles. The number of hydrogen-bond donors (Lipinski definition) is 2. The van der Waals surface area contributed by atoms with Crippen LogP contribution >= 0.6 is 0 Å². The number of nitrogens with two attached hydrogens (primary N) is 2. The number of halogens is 4. The summed E-state index contributed by atoms with van der Waals surface area (Å²) in [7, 11) is 0. The Labute approximate surface area is 150 Å². The molecular weight excluding hydrogens is 364 g/mol. The zero-order valence-corrected chi connectivity index (χ0v) is 13.6. The molecule has 0 aliphatic rings. The molecule has 0 atom stereocenters.